The molecule has 140 valence electrons. The summed E-state index contributed by atoms with van der Waals surface area (Å²) in [5, 5.41) is 9.49. The number of aromatic nitrogens is 2. The van der Waals surface area contributed by atoms with Crippen LogP contribution in [0.1, 0.15) is 62.5 Å². The van der Waals surface area contributed by atoms with Gasteiger partial charge in [0.2, 0.25) is 5.91 Å². The van der Waals surface area contributed by atoms with Crippen molar-refractivity contribution in [3.05, 3.63) is 23.3 Å². The van der Waals surface area contributed by atoms with Crippen molar-refractivity contribution in [2.24, 2.45) is 0 Å². The third-order valence-electron chi connectivity index (χ3n) is 5.75. The molecule has 1 aliphatic carbocycles. The molecule has 1 aromatic heterocycles. The van der Waals surface area contributed by atoms with E-state index < -0.39 is 12.0 Å². The van der Waals surface area contributed by atoms with Crippen molar-refractivity contribution in [3.8, 4) is 0 Å². The van der Waals surface area contributed by atoms with Crippen LogP contribution in [0.3, 0.4) is 0 Å². The molecular formula is C19H26N4O3. The Morgan fingerprint density at radius 3 is 2.58 bits per heavy atom. The van der Waals surface area contributed by atoms with Crippen LogP contribution in [0.5, 0.6) is 0 Å². The Morgan fingerprint density at radius 2 is 1.92 bits per heavy atom. The molecule has 26 heavy (non-hydrogen) atoms. The van der Waals surface area contributed by atoms with Crippen molar-refractivity contribution in [1.29, 1.82) is 0 Å². The predicted molar refractivity (Wildman–Crippen MR) is 94.5 cm³/mol. The lowest BCUT2D eigenvalue weighted by atomic mass is 10.0. The summed E-state index contributed by atoms with van der Waals surface area (Å²) in [6.07, 6.45) is 5.79. The standard InChI is InChI=1S/C19H26N4O3/c1-11(2)17-20-9-12-10-22(8-7-14(12)21-17)18(24)15-5-6-16(19(25)26)23(15)13-3-4-13/h9,11,13,15-16H,3-8,10H2,1-2H3,(H,25,26). The molecule has 1 saturated carbocycles. The second-order valence-electron chi connectivity index (χ2n) is 7.99. The summed E-state index contributed by atoms with van der Waals surface area (Å²) in [6, 6.07) is -0.534. The van der Waals surface area contributed by atoms with Gasteiger partial charge >= 0.3 is 5.97 Å². The number of aliphatic carboxylic acids is 1. The molecule has 0 spiro atoms. The van der Waals surface area contributed by atoms with E-state index in [0.29, 0.717) is 31.8 Å². The average Bonchev–Trinajstić information content (AvgIpc) is 3.37. The highest BCUT2D eigenvalue weighted by molar-refractivity contribution is 5.85. The minimum Gasteiger partial charge on any atom is -0.480 e. The summed E-state index contributed by atoms with van der Waals surface area (Å²) in [5.74, 6) is 0.409. The zero-order chi connectivity index (χ0) is 18.4. The predicted octanol–water partition coefficient (Wildman–Crippen LogP) is 1.56. The lowest BCUT2D eigenvalue weighted by Crippen LogP contribution is -2.51. The van der Waals surface area contributed by atoms with Gasteiger partial charge in [0, 0.05) is 43.2 Å². The Labute approximate surface area is 153 Å². The molecule has 1 N–H and O–H groups in total. The van der Waals surface area contributed by atoms with Crippen LogP contribution in [0.25, 0.3) is 0 Å². The number of hydrogen-bond donors (Lipinski definition) is 1. The van der Waals surface area contributed by atoms with Crippen LogP contribution in [0.4, 0.5) is 0 Å². The number of carboxylic acids is 1. The van der Waals surface area contributed by atoms with E-state index in [2.05, 4.69) is 23.8 Å². The molecule has 7 nitrogen and oxygen atoms in total. The fraction of sp³-hybridized carbons (Fsp3) is 0.684. The van der Waals surface area contributed by atoms with Gasteiger partial charge in [-0.2, -0.15) is 0 Å². The number of nitrogens with zero attached hydrogens (tertiary/aromatic N) is 4. The van der Waals surface area contributed by atoms with Crippen LogP contribution >= 0.6 is 0 Å². The minimum absolute atomic E-state index is 0.0687. The maximum atomic E-state index is 13.1. The van der Waals surface area contributed by atoms with Crippen molar-refractivity contribution in [3.63, 3.8) is 0 Å². The Kier molecular flexibility index (Phi) is 4.42. The Bertz CT molecular complexity index is 731. The molecule has 1 aromatic rings. The second-order valence-corrected chi connectivity index (χ2v) is 7.99. The summed E-state index contributed by atoms with van der Waals surface area (Å²) < 4.78 is 0. The zero-order valence-corrected chi connectivity index (χ0v) is 15.4. The molecule has 2 fully saturated rings. The van der Waals surface area contributed by atoms with Crippen LogP contribution < -0.4 is 0 Å². The molecule has 1 amide bonds. The monoisotopic (exact) mass is 358 g/mol. The van der Waals surface area contributed by atoms with E-state index in [9.17, 15) is 14.7 Å². The van der Waals surface area contributed by atoms with Crippen molar-refractivity contribution >= 4 is 11.9 Å². The first-order valence-corrected chi connectivity index (χ1v) is 9.59. The van der Waals surface area contributed by atoms with E-state index in [0.717, 1.165) is 36.3 Å². The molecule has 2 atom stereocenters. The molecule has 4 rings (SSSR count). The molecule has 2 unspecified atom stereocenters. The molecule has 7 heteroatoms. The Balaban J connectivity index is 1.50. The lowest BCUT2D eigenvalue weighted by Gasteiger charge is -2.34. The van der Waals surface area contributed by atoms with E-state index in [1.807, 2.05) is 16.0 Å². The quantitative estimate of drug-likeness (QED) is 0.879. The lowest BCUT2D eigenvalue weighted by molar-refractivity contribution is -0.145. The first kappa shape index (κ1) is 17.4. The van der Waals surface area contributed by atoms with E-state index in [-0.39, 0.29) is 18.0 Å². The molecule has 3 aliphatic rings. The molecule has 3 heterocycles. The van der Waals surface area contributed by atoms with E-state index in [1.165, 1.54) is 0 Å². The molecule has 2 aliphatic heterocycles. The first-order valence-electron chi connectivity index (χ1n) is 9.59. The second kappa shape index (κ2) is 6.61. The topological polar surface area (TPSA) is 86.6 Å². The van der Waals surface area contributed by atoms with Gasteiger partial charge in [-0.25, -0.2) is 9.97 Å². The maximum Gasteiger partial charge on any atom is 0.320 e. The largest absolute Gasteiger partial charge is 0.480 e. The highest BCUT2D eigenvalue weighted by Gasteiger charge is 2.49. The van der Waals surface area contributed by atoms with Gasteiger partial charge < -0.3 is 10.0 Å². The fourth-order valence-electron chi connectivity index (χ4n) is 4.22. The number of carbonyl (C=O) groups is 2. The van der Waals surface area contributed by atoms with Gasteiger partial charge in [0.25, 0.3) is 0 Å². The summed E-state index contributed by atoms with van der Waals surface area (Å²) in [6.45, 7) is 5.32. The number of hydrogen-bond acceptors (Lipinski definition) is 5. The minimum atomic E-state index is -0.800. The van der Waals surface area contributed by atoms with Gasteiger partial charge in [0.1, 0.15) is 11.9 Å². The van der Waals surface area contributed by atoms with Crippen LogP contribution in [-0.2, 0) is 22.6 Å². The number of rotatable bonds is 4. The van der Waals surface area contributed by atoms with Crippen molar-refractivity contribution in [2.45, 2.75) is 76.5 Å². The van der Waals surface area contributed by atoms with Crippen LogP contribution in [0, 0.1) is 0 Å². The molecule has 0 bridgehead atoms. The SMILES string of the molecule is CC(C)c1ncc2c(n1)CCN(C(=O)C1CCC(C(=O)O)N1C1CC1)C2. The first-order chi connectivity index (χ1) is 12.5. The van der Waals surface area contributed by atoms with Crippen molar-refractivity contribution < 1.29 is 14.7 Å². The number of carbonyl (C=O) groups excluding carboxylic acids is 1. The van der Waals surface area contributed by atoms with Gasteiger partial charge in [-0.1, -0.05) is 13.8 Å². The smallest absolute Gasteiger partial charge is 0.320 e. The summed E-state index contributed by atoms with van der Waals surface area (Å²) >= 11 is 0. The van der Waals surface area contributed by atoms with Crippen molar-refractivity contribution in [1.82, 2.24) is 19.8 Å². The van der Waals surface area contributed by atoms with Gasteiger partial charge in [0.15, 0.2) is 0 Å². The van der Waals surface area contributed by atoms with Gasteiger partial charge in [0.05, 0.1) is 11.7 Å². The Morgan fingerprint density at radius 1 is 1.19 bits per heavy atom. The maximum absolute atomic E-state index is 13.1. The number of likely N-dealkylation sites (tertiary alicyclic amines) is 1. The van der Waals surface area contributed by atoms with E-state index in [4.69, 9.17) is 0 Å². The third-order valence-corrected chi connectivity index (χ3v) is 5.75. The normalized spacial score (nSPS) is 26.2. The van der Waals surface area contributed by atoms with Gasteiger partial charge in [-0.05, 0) is 25.7 Å². The number of carboxylic acid groups (broad SMARTS) is 1. The van der Waals surface area contributed by atoms with Gasteiger partial charge in [-0.3, -0.25) is 14.5 Å². The number of amides is 1. The van der Waals surface area contributed by atoms with Crippen LogP contribution in [0.2, 0.25) is 0 Å². The molecule has 1 saturated heterocycles. The highest BCUT2D eigenvalue weighted by atomic mass is 16.4. The molecular weight excluding hydrogens is 332 g/mol. The fourth-order valence-corrected chi connectivity index (χ4v) is 4.22. The third kappa shape index (κ3) is 3.09. The average molecular weight is 358 g/mol. The summed E-state index contributed by atoms with van der Waals surface area (Å²) in [7, 11) is 0. The number of fused-ring (bicyclic) bond motifs is 1. The van der Waals surface area contributed by atoms with Crippen LogP contribution in [0.15, 0.2) is 6.20 Å². The molecule has 0 aromatic carbocycles. The molecule has 0 radical (unpaired) electrons. The van der Waals surface area contributed by atoms with E-state index in [1.54, 1.807) is 0 Å². The zero-order valence-electron chi connectivity index (χ0n) is 15.4. The highest BCUT2D eigenvalue weighted by Crippen LogP contribution is 2.38. The van der Waals surface area contributed by atoms with Gasteiger partial charge in [-0.15, -0.1) is 0 Å². The van der Waals surface area contributed by atoms with Crippen LogP contribution in [-0.4, -0.2) is 61.4 Å². The van der Waals surface area contributed by atoms with Crippen molar-refractivity contribution in [2.75, 3.05) is 6.54 Å². The summed E-state index contributed by atoms with van der Waals surface area (Å²) in [4.78, 5) is 37.6. The van der Waals surface area contributed by atoms with E-state index >= 15 is 0 Å². The Hall–Kier alpha value is -2.02. The summed E-state index contributed by atoms with van der Waals surface area (Å²) in [5.41, 5.74) is 2.06.